The van der Waals surface area contributed by atoms with Gasteiger partial charge in [-0.1, -0.05) is 30.3 Å². The predicted molar refractivity (Wildman–Crippen MR) is 112 cm³/mol. The Bertz CT molecular complexity index is 1380. The summed E-state index contributed by atoms with van der Waals surface area (Å²) in [4.78, 5) is -1.28. The Balaban J connectivity index is 2.37. The van der Waals surface area contributed by atoms with E-state index in [0.717, 1.165) is 24.3 Å². The molecule has 1 aliphatic carbocycles. The molecule has 31 heavy (non-hydrogen) atoms. The van der Waals surface area contributed by atoms with Crippen LogP contribution in [-0.2, 0) is 30.4 Å². The van der Waals surface area contributed by atoms with E-state index in [2.05, 4.69) is 0 Å². The standard InChI is InChI=1S/C19H16O9S3/c20-29(21,22)16-7-1-4-13(10-16)19(14-5-2-8-17(11-14)30(23,24)25)15-6-3-9-18(12-15)31(26,27)28/h1-5,7-12H,6H2,(H,20,21,22)(H,23,24,25)(H,26,27,28). The van der Waals surface area contributed by atoms with Gasteiger partial charge in [0.05, 0.1) is 14.7 Å². The zero-order valence-electron chi connectivity index (χ0n) is 15.6. The van der Waals surface area contributed by atoms with Crippen molar-refractivity contribution in [2.24, 2.45) is 0 Å². The molecule has 0 spiro atoms. The number of benzene rings is 2. The summed E-state index contributed by atoms with van der Waals surface area (Å²) in [6, 6.07) is 10.2. The molecule has 3 N–H and O–H groups in total. The van der Waals surface area contributed by atoms with Crippen LogP contribution in [0.25, 0.3) is 5.57 Å². The smallest absolute Gasteiger partial charge is 0.282 e. The molecule has 9 nitrogen and oxygen atoms in total. The van der Waals surface area contributed by atoms with Crippen LogP contribution in [0.4, 0.5) is 0 Å². The molecule has 0 unspecified atom stereocenters. The first kappa shape index (κ1) is 23.1. The molecule has 2 aromatic rings. The van der Waals surface area contributed by atoms with Crippen LogP contribution < -0.4 is 0 Å². The summed E-state index contributed by atoms with van der Waals surface area (Å²) in [5.41, 5.74) is 0.995. The van der Waals surface area contributed by atoms with Gasteiger partial charge in [-0.2, -0.15) is 25.3 Å². The first-order valence-electron chi connectivity index (χ1n) is 8.51. The van der Waals surface area contributed by atoms with Gasteiger partial charge in [-0.15, -0.1) is 0 Å². The lowest BCUT2D eigenvalue weighted by atomic mass is 9.90. The normalized spacial score (nSPS) is 14.9. The van der Waals surface area contributed by atoms with Crippen molar-refractivity contribution in [1.82, 2.24) is 0 Å². The van der Waals surface area contributed by atoms with Crippen molar-refractivity contribution in [2.45, 2.75) is 16.2 Å². The molecule has 0 saturated carbocycles. The van der Waals surface area contributed by atoms with Gasteiger partial charge < -0.3 is 0 Å². The van der Waals surface area contributed by atoms with Crippen molar-refractivity contribution in [3.63, 3.8) is 0 Å². The van der Waals surface area contributed by atoms with Crippen molar-refractivity contribution >= 4 is 35.9 Å². The van der Waals surface area contributed by atoms with Crippen molar-refractivity contribution < 1.29 is 38.9 Å². The Kier molecular flexibility index (Phi) is 6.06. The fourth-order valence-corrected chi connectivity index (χ4v) is 4.69. The van der Waals surface area contributed by atoms with Gasteiger partial charge in [-0.25, -0.2) is 0 Å². The van der Waals surface area contributed by atoms with Crippen LogP contribution in [0.5, 0.6) is 0 Å². The van der Waals surface area contributed by atoms with Gasteiger partial charge in [0.15, 0.2) is 0 Å². The Morgan fingerprint density at radius 1 is 0.710 bits per heavy atom. The highest BCUT2D eigenvalue weighted by Crippen LogP contribution is 2.34. The minimum Gasteiger partial charge on any atom is -0.282 e. The lowest BCUT2D eigenvalue weighted by Crippen LogP contribution is -2.05. The fraction of sp³-hybridized carbons (Fsp3) is 0.0526. The summed E-state index contributed by atoms with van der Waals surface area (Å²) in [5.74, 6) is 0. The maximum Gasteiger partial charge on any atom is 0.294 e. The first-order chi connectivity index (χ1) is 14.3. The van der Waals surface area contributed by atoms with Crippen LogP contribution in [-0.4, -0.2) is 38.9 Å². The second-order valence-corrected chi connectivity index (χ2v) is 10.8. The van der Waals surface area contributed by atoms with E-state index in [-0.39, 0.29) is 23.1 Å². The summed E-state index contributed by atoms with van der Waals surface area (Å²) in [6.07, 6.45) is 3.99. The Morgan fingerprint density at radius 2 is 1.19 bits per heavy atom. The molecule has 2 aromatic carbocycles. The van der Waals surface area contributed by atoms with E-state index in [9.17, 15) is 38.9 Å². The Hall–Kier alpha value is -2.61. The summed E-state index contributed by atoms with van der Waals surface area (Å²) >= 11 is 0. The lowest BCUT2D eigenvalue weighted by molar-refractivity contribution is 0.481. The third-order valence-corrected chi connectivity index (χ3v) is 6.95. The molecule has 0 bridgehead atoms. The van der Waals surface area contributed by atoms with E-state index in [1.807, 2.05) is 0 Å². The summed E-state index contributed by atoms with van der Waals surface area (Å²) < 4.78 is 97.7. The number of hydrogen-bond donors (Lipinski definition) is 3. The predicted octanol–water partition coefficient (Wildman–Crippen LogP) is 2.71. The largest absolute Gasteiger partial charge is 0.294 e. The molecule has 0 radical (unpaired) electrons. The summed E-state index contributed by atoms with van der Waals surface area (Å²) in [7, 11) is -13.7. The van der Waals surface area contributed by atoms with E-state index in [1.54, 1.807) is 0 Å². The average molecular weight is 485 g/mol. The maximum atomic E-state index is 11.6. The third-order valence-electron chi connectivity index (χ3n) is 4.40. The van der Waals surface area contributed by atoms with Crippen LogP contribution in [0.1, 0.15) is 17.5 Å². The first-order valence-corrected chi connectivity index (χ1v) is 12.8. The number of hydrogen-bond acceptors (Lipinski definition) is 6. The molecular weight excluding hydrogens is 468 g/mol. The highest BCUT2D eigenvalue weighted by molar-refractivity contribution is 7.90. The second-order valence-electron chi connectivity index (χ2n) is 6.53. The van der Waals surface area contributed by atoms with Crippen molar-refractivity contribution in [3.05, 3.63) is 88.4 Å². The van der Waals surface area contributed by atoms with Crippen molar-refractivity contribution in [3.8, 4) is 0 Å². The molecule has 0 aliphatic heterocycles. The van der Waals surface area contributed by atoms with E-state index < -0.39 is 45.1 Å². The summed E-state index contributed by atoms with van der Waals surface area (Å²) in [5, 5.41) is 0. The highest BCUT2D eigenvalue weighted by atomic mass is 32.2. The molecule has 164 valence electrons. The maximum absolute atomic E-state index is 11.6. The fourth-order valence-electron chi connectivity index (χ4n) is 3.08. The quantitative estimate of drug-likeness (QED) is 0.541. The number of allylic oxidation sites excluding steroid dienone is 4. The van der Waals surface area contributed by atoms with Crippen molar-refractivity contribution in [1.29, 1.82) is 0 Å². The van der Waals surface area contributed by atoms with E-state index in [4.69, 9.17) is 0 Å². The Labute approximate surface area is 179 Å². The van der Waals surface area contributed by atoms with Gasteiger partial charge in [0.2, 0.25) is 0 Å². The van der Waals surface area contributed by atoms with Gasteiger partial charge in [-0.3, -0.25) is 13.7 Å². The van der Waals surface area contributed by atoms with E-state index >= 15 is 0 Å². The minimum atomic E-state index is -4.56. The highest BCUT2D eigenvalue weighted by Gasteiger charge is 2.21. The Morgan fingerprint density at radius 3 is 1.61 bits per heavy atom. The topological polar surface area (TPSA) is 163 Å². The second kappa shape index (κ2) is 8.15. The van der Waals surface area contributed by atoms with Gasteiger partial charge in [0, 0.05) is 0 Å². The third kappa shape index (κ3) is 5.36. The molecule has 0 amide bonds. The van der Waals surface area contributed by atoms with Crippen LogP contribution in [0.2, 0.25) is 0 Å². The molecule has 0 heterocycles. The number of rotatable bonds is 5. The molecule has 0 fully saturated rings. The van der Waals surface area contributed by atoms with E-state index in [0.29, 0.717) is 5.57 Å². The van der Waals surface area contributed by atoms with Crippen molar-refractivity contribution in [2.75, 3.05) is 0 Å². The van der Waals surface area contributed by atoms with Gasteiger partial charge in [0.1, 0.15) is 0 Å². The molecule has 3 rings (SSSR count). The zero-order chi connectivity index (χ0) is 23.0. The van der Waals surface area contributed by atoms with Gasteiger partial charge in [0.25, 0.3) is 30.4 Å². The van der Waals surface area contributed by atoms with Gasteiger partial charge in [-0.05, 0) is 65.1 Å². The molecule has 12 heteroatoms. The van der Waals surface area contributed by atoms with Crippen LogP contribution in [0, 0.1) is 0 Å². The molecule has 0 atom stereocenters. The lowest BCUT2D eigenvalue weighted by Gasteiger charge is -2.17. The van der Waals surface area contributed by atoms with Gasteiger partial charge >= 0.3 is 0 Å². The average Bonchev–Trinajstić information content (AvgIpc) is 2.67. The molecule has 0 saturated heterocycles. The zero-order valence-corrected chi connectivity index (χ0v) is 18.0. The monoisotopic (exact) mass is 484 g/mol. The minimum absolute atomic E-state index is 0.167. The molecular formula is C19H16O9S3. The molecule has 0 aromatic heterocycles. The van der Waals surface area contributed by atoms with Crippen LogP contribution >= 0.6 is 0 Å². The molecule has 1 aliphatic rings. The van der Waals surface area contributed by atoms with Crippen LogP contribution in [0.15, 0.2) is 87.0 Å². The SMILES string of the molecule is O=S(=O)(O)C1=CC(=C(c2cccc(S(=O)(=O)O)c2)c2cccc(S(=O)(=O)O)c2)CC=C1. The summed E-state index contributed by atoms with van der Waals surface area (Å²) in [6.45, 7) is 0. The van der Waals surface area contributed by atoms with E-state index in [1.165, 1.54) is 42.5 Å². The van der Waals surface area contributed by atoms with Crippen LogP contribution in [0.3, 0.4) is 0 Å².